The number of methoxy groups -OCH3 is 1. The van der Waals surface area contributed by atoms with Crippen molar-refractivity contribution in [1.29, 1.82) is 0 Å². The Morgan fingerprint density at radius 1 is 1.11 bits per heavy atom. The maximum Gasteiger partial charge on any atom is 0.133 e. The van der Waals surface area contributed by atoms with Crippen LogP contribution in [0.1, 0.15) is 11.1 Å². The van der Waals surface area contributed by atoms with E-state index in [1.54, 1.807) is 7.11 Å². The van der Waals surface area contributed by atoms with Crippen molar-refractivity contribution >= 4 is 15.9 Å². The molecule has 4 heteroatoms. The molecular weight excluding hydrogens is 306 g/mol. The molecular formula is C15H16BrNO2. The van der Waals surface area contributed by atoms with Gasteiger partial charge in [-0.2, -0.15) is 0 Å². The molecule has 0 aliphatic carbocycles. The summed E-state index contributed by atoms with van der Waals surface area (Å²) in [5.41, 5.74) is 7.70. The van der Waals surface area contributed by atoms with Gasteiger partial charge in [0.25, 0.3) is 0 Å². The van der Waals surface area contributed by atoms with Crippen LogP contribution >= 0.6 is 15.9 Å². The largest absolute Gasteiger partial charge is 0.496 e. The van der Waals surface area contributed by atoms with Crippen LogP contribution in [0, 0.1) is 0 Å². The average molecular weight is 322 g/mol. The summed E-state index contributed by atoms with van der Waals surface area (Å²) in [5.74, 6) is 1.62. The molecule has 2 aromatic carbocycles. The Morgan fingerprint density at radius 3 is 2.58 bits per heavy atom. The molecule has 2 aromatic rings. The highest BCUT2D eigenvalue weighted by Crippen LogP contribution is 2.27. The number of halogens is 1. The molecule has 0 saturated carbocycles. The first-order valence-corrected chi connectivity index (χ1v) is 6.77. The monoisotopic (exact) mass is 321 g/mol. The van der Waals surface area contributed by atoms with Gasteiger partial charge in [0.05, 0.1) is 11.6 Å². The predicted molar refractivity (Wildman–Crippen MR) is 79.4 cm³/mol. The van der Waals surface area contributed by atoms with E-state index in [2.05, 4.69) is 15.9 Å². The van der Waals surface area contributed by atoms with Gasteiger partial charge >= 0.3 is 0 Å². The second-order valence-corrected chi connectivity index (χ2v) is 4.92. The van der Waals surface area contributed by atoms with Crippen LogP contribution in [-0.4, -0.2) is 7.11 Å². The topological polar surface area (TPSA) is 44.5 Å². The Morgan fingerprint density at radius 2 is 1.89 bits per heavy atom. The highest BCUT2D eigenvalue weighted by molar-refractivity contribution is 9.10. The zero-order valence-electron chi connectivity index (χ0n) is 10.7. The van der Waals surface area contributed by atoms with Crippen molar-refractivity contribution in [2.45, 2.75) is 13.2 Å². The van der Waals surface area contributed by atoms with E-state index in [0.717, 1.165) is 27.1 Å². The number of para-hydroxylation sites is 1. The molecule has 0 radical (unpaired) electrons. The van der Waals surface area contributed by atoms with Crippen molar-refractivity contribution in [3.8, 4) is 11.5 Å². The minimum atomic E-state index is 0.444. The van der Waals surface area contributed by atoms with Crippen LogP contribution in [0.3, 0.4) is 0 Å². The van der Waals surface area contributed by atoms with Crippen LogP contribution < -0.4 is 15.2 Å². The van der Waals surface area contributed by atoms with Gasteiger partial charge in [-0.3, -0.25) is 0 Å². The van der Waals surface area contributed by atoms with Crippen molar-refractivity contribution < 1.29 is 9.47 Å². The first kappa shape index (κ1) is 13.9. The van der Waals surface area contributed by atoms with Crippen molar-refractivity contribution in [3.05, 3.63) is 58.1 Å². The Kier molecular flexibility index (Phi) is 4.82. The highest BCUT2D eigenvalue weighted by atomic mass is 79.9. The number of hydrogen-bond acceptors (Lipinski definition) is 3. The second-order valence-electron chi connectivity index (χ2n) is 4.07. The molecule has 2 N–H and O–H groups in total. The SMILES string of the molecule is COc1ccc(CN)cc1COc1ccccc1Br. The highest BCUT2D eigenvalue weighted by Gasteiger charge is 2.06. The molecule has 0 aliphatic heterocycles. The van der Waals surface area contributed by atoms with Gasteiger partial charge in [-0.15, -0.1) is 0 Å². The van der Waals surface area contributed by atoms with E-state index in [0.29, 0.717) is 13.2 Å². The van der Waals surface area contributed by atoms with Gasteiger partial charge in [-0.1, -0.05) is 18.2 Å². The minimum Gasteiger partial charge on any atom is -0.496 e. The number of ether oxygens (including phenoxy) is 2. The summed E-state index contributed by atoms with van der Waals surface area (Å²) in [6.07, 6.45) is 0. The van der Waals surface area contributed by atoms with Gasteiger partial charge in [-0.25, -0.2) is 0 Å². The van der Waals surface area contributed by atoms with Gasteiger partial charge in [0.2, 0.25) is 0 Å². The van der Waals surface area contributed by atoms with E-state index >= 15 is 0 Å². The molecule has 19 heavy (non-hydrogen) atoms. The average Bonchev–Trinajstić information content (AvgIpc) is 2.46. The number of hydrogen-bond donors (Lipinski definition) is 1. The number of nitrogens with two attached hydrogens (primary N) is 1. The summed E-state index contributed by atoms with van der Waals surface area (Å²) in [5, 5.41) is 0. The maximum absolute atomic E-state index is 5.80. The van der Waals surface area contributed by atoms with Crippen molar-refractivity contribution in [1.82, 2.24) is 0 Å². The van der Waals surface area contributed by atoms with E-state index in [1.807, 2.05) is 42.5 Å². The quantitative estimate of drug-likeness (QED) is 0.916. The first-order chi connectivity index (χ1) is 9.24. The molecule has 0 aliphatic rings. The fourth-order valence-electron chi connectivity index (χ4n) is 1.79. The zero-order valence-corrected chi connectivity index (χ0v) is 12.3. The van der Waals surface area contributed by atoms with Crippen LogP contribution in [-0.2, 0) is 13.2 Å². The third-order valence-electron chi connectivity index (χ3n) is 2.80. The van der Waals surface area contributed by atoms with Gasteiger partial charge < -0.3 is 15.2 Å². The molecule has 0 bridgehead atoms. The number of benzene rings is 2. The van der Waals surface area contributed by atoms with E-state index in [-0.39, 0.29) is 0 Å². The van der Waals surface area contributed by atoms with E-state index in [1.165, 1.54) is 0 Å². The maximum atomic E-state index is 5.80. The van der Waals surface area contributed by atoms with Crippen LogP contribution in [0.15, 0.2) is 46.9 Å². The Balaban J connectivity index is 2.16. The summed E-state index contributed by atoms with van der Waals surface area (Å²) in [6, 6.07) is 13.6. The fraction of sp³-hybridized carbons (Fsp3) is 0.200. The fourth-order valence-corrected chi connectivity index (χ4v) is 2.19. The Hall–Kier alpha value is -1.52. The van der Waals surface area contributed by atoms with Gasteiger partial charge in [0, 0.05) is 12.1 Å². The normalized spacial score (nSPS) is 10.3. The van der Waals surface area contributed by atoms with Crippen LogP contribution in [0.5, 0.6) is 11.5 Å². The zero-order chi connectivity index (χ0) is 13.7. The van der Waals surface area contributed by atoms with E-state index in [9.17, 15) is 0 Å². The molecule has 0 amide bonds. The van der Waals surface area contributed by atoms with E-state index in [4.69, 9.17) is 15.2 Å². The van der Waals surface area contributed by atoms with Crippen molar-refractivity contribution in [2.75, 3.05) is 7.11 Å². The third-order valence-corrected chi connectivity index (χ3v) is 3.46. The summed E-state index contributed by atoms with van der Waals surface area (Å²) in [7, 11) is 1.65. The summed E-state index contributed by atoms with van der Waals surface area (Å²) in [4.78, 5) is 0. The first-order valence-electron chi connectivity index (χ1n) is 5.97. The molecule has 0 heterocycles. The van der Waals surface area contributed by atoms with E-state index < -0.39 is 0 Å². The van der Waals surface area contributed by atoms with Crippen LogP contribution in [0.4, 0.5) is 0 Å². The molecule has 2 rings (SSSR count). The minimum absolute atomic E-state index is 0.444. The molecule has 3 nitrogen and oxygen atoms in total. The van der Waals surface area contributed by atoms with Crippen LogP contribution in [0.2, 0.25) is 0 Å². The van der Waals surface area contributed by atoms with Gasteiger partial charge in [0.15, 0.2) is 0 Å². The Bertz CT molecular complexity index is 558. The van der Waals surface area contributed by atoms with Crippen molar-refractivity contribution in [3.63, 3.8) is 0 Å². The van der Waals surface area contributed by atoms with Crippen LogP contribution in [0.25, 0.3) is 0 Å². The lowest BCUT2D eigenvalue weighted by Gasteiger charge is -2.12. The molecule has 0 atom stereocenters. The van der Waals surface area contributed by atoms with Gasteiger partial charge in [-0.05, 0) is 45.8 Å². The summed E-state index contributed by atoms with van der Waals surface area (Å²) >= 11 is 3.46. The standard InChI is InChI=1S/C15H16BrNO2/c1-18-14-7-6-11(9-17)8-12(14)10-19-15-5-3-2-4-13(15)16/h2-8H,9-10,17H2,1H3. The molecule has 100 valence electrons. The third kappa shape index (κ3) is 3.49. The lowest BCUT2D eigenvalue weighted by molar-refractivity contribution is 0.295. The lowest BCUT2D eigenvalue weighted by Crippen LogP contribution is -2.02. The molecule has 0 saturated heterocycles. The lowest BCUT2D eigenvalue weighted by atomic mass is 10.1. The smallest absolute Gasteiger partial charge is 0.133 e. The number of rotatable bonds is 5. The summed E-state index contributed by atoms with van der Waals surface area (Å²) < 4.78 is 12.1. The van der Waals surface area contributed by atoms with Gasteiger partial charge in [0.1, 0.15) is 18.1 Å². The molecule has 0 unspecified atom stereocenters. The second kappa shape index (κ2) is 6.59. The Labute approximate surface area is 121 Å². The molecule has 0 fully saturated rings. The molecule has 0 spiro atoms. The van der Waals surface area contributed by atoms with Crippen molar-refractivity contribution in [2.24, 2.45) is 5.73 Å². The molecule has 0 aromatic heterocycles. The predicted octanol–water partition coefficient (Wildman–Crippen LogP) is 3.50. The summed E-state index contributed by atoms with van der Waals surface area (Å²) in [6.45, 7) is 0.950.